The lowest BCUT2D eigenvalue weighted by molar-refractivity contribution is -0.130. The van der Waals surface area contributed by atoms with Gasteiger partial charge >= 0.3 is 0 Å². The van der Waals surface area contributed by atoms with Crippen molar-refractivity contribution in [2.75, 3.05) is 43.4 Å². The van der Waals surface area contributed by atoms with Crippen LogP contribution in [0.15, 0.2) is 18.3 Å². The third-order valence-electron chi connectivity index (χ3n) is 6.07. The van der Waals surface area contributed by atoms with E-state index in [1.165, 1.54) is 6.42 Å². The zero-order valence-corrected chi connectivity index (χ0v) is 18.0. The van der Waals surface area contributed by atoms with Crippen LogP contribution in [0.2, 0.25) is 0 Å². The van der Waals surface area contributed by atoms with Gasteiger partial charge in [-0.3, -0.25) is 9.59 Å². The highest BCUT2D eigenvalue weighted by Crippen LogP contribution is 2.24. The topological polar surface area (TPSA) is 77.6 Å². The average molecular weight is 402 g/mol. The number of piperazine rings is 1. The van der Waals surface area contributed by atoms with Crippen molar-refractivity contribution in [3.05, 3.63) is 18.3 Å². The summed E-state index contributed by atoms with van der Waals surface area (Å²) in [6.45, 7) is 7.88. The van der Waals surface area contributed by atoms with E-state index >= 15 is 0 Å². The van der Waals surface area contributed by atoms with Crippen LogP contribution in [0.3, 0.4) is 0 Å². The number of nitrogens with one attached hydrogen (secondary N) is 2. The number of amides is 2. The van der Waals surface area contributed by atoms with Gasteiger partial charge in [-0.1, -0.05) is 33.1 Å². The van der Waals surface area contributed by atoms with Crippen LogP contribution in [0, 0.1) is 11.8 Å². The molecule has 0 radical (unpaired) electrons. The number of pyridine rings is 1. The molecule has 1 saturated heterocycles. The number of nitrogens with zero attached hydrogens (tertiary/aromatic N) is 3. The SMILES string of the molecule is CC(C)[C@@H](NC(=O)C1CCCCC1)C(=O)Nc1ccc(N2CCN(C)CC2)nc1. The maximum atomic E-state index is 12.8. The quantitative estimate of drug-likeness (QED) is 0.766. The van der Waals surface area contributed by atoms with Crippen LogP contribution in [-0.4, -0.2) is 61.0 Å². The minimum Gasteiger partial charge on any atom is -0.354 e. The van der Waals surface area contributed by atoms with Crippen molar-refractivity contribution >= 4 is 23.3 Å². The molecule has 0 aromatic carbocycles. The fourth-order valence-electron chi connectivity index (χ4n) is 4.07. The van der Waals surface area contributed by atoms with Gasteiger partial charge in [-0.25, -0.2) is 4.98 Å². The Labute approximate surface area is 174 Å². The summed E-state index contributed by atoms with van der Waals surface area (Å²) in [5.41, 5.74) is 0.658. The number of aromatic nitrogens is 1. The zero-order valence-electron chi connectivity index (χ0n) is 18.0. The normalized spacial score (nSPS) is 19.8. The van der Waals surface area contributed by atoms with E-state index in [1.807, 2.05) is 26.0 Å². The molecule has 0 unspecified atom stereocenters. The predicted molar refractivity (Wildman–Crippen MR) is 116 cm³/mol. The summed E-state index contributed by atoms with van der Waals surface area (Å²) in [5.74, 6) is 0.824. The standard InChI is InChI=1S/C22H35N5O2/c1-16(2)20(25-21(28)17-7-5-4-6-8-17)22(29)24-18-9-10-19(23-15-18)27-13-11-26(3)12-14-27/h9-10,15-17,20H,4-8,11-14H2,1-3H3,(H,24,29)(H,25,28)/t20-/m1/s1. The van der Waals surface area contributed by atoms with Crippen LogP contribution < -0.4 is 15.5 Å². The molecule has 3 rings (SSSR count). The first-order valence-corrected chi connectivity index (χ1v) is 10.9. The lowest BCUT2D eigenvalue weighted by Gasteiger charge is -2.33. The van der Waals surface area contributed by atoms with Crippen LogP contribution in [0.4, 0.5) is 11.5 Å². The molecule has 0 bridgehead atoms. The van der Waals surface area contributed by atoms with Crippen molar-refractivity contribution in [2.45, 2.75) is 52.0 Å². The Bertz CT molecular complexity index is 677. The molecule has 1 aromatic heterocycles. The maximum Gasteiger partial charge on any atom is 0.247 e. The van der Waals surface area contributed by atoms with Crippen LogP contribution in [0.1, 0.15) is 46.0 Å². The van der Waals surface area contributed by atoms with E-state index in [2.05, 4.69) is 32.5 Å². The third-order valence-corrected chi connectivity index (χ3v) is 6.07. The third kappa shape index (κ3) is 5.92. The summed E-state index contributed by atoms with van der Waals surface area (Å²) in [5, 5.41) is 5.92. The molecule has 160 valence electrons. The Morgan fingerprint density at radius 1 is 1.07 bits per heavy atom. The predicted octanol–water partition coefficient (Wildman–Crippen LogP) is 2.49. The van der Waals surface area contributed by atoms with E-state index in [0.717, 1.165) is 57.7 Å². The number of anilines is 2. The molecule has 2 fully saturated rings. The van der Waals surface area contributed by atoms with Crippen molar-refractivity contribution in [3.63, 3.8) is 0 Å². The minimum absolute atomic E-state index is 0.0140. The summed E-state index contributed by atoms with van der Waals surface area (Å²) >= 11 is 0. The first-order valence-electron chi connectivity index (χ1n) is 10.9. The van der Waals surface area contributed by atoms with Gasteiger partial charge in [0.05, 0.1) is 11.9 Å². The van der Waals surface area contributed by atoms with Crippen molar-refractivity contribution in [1.29, 1.82) is 0 Å². The molecule has 1 aliphatic carbocycles. The molecule has 29 heavy (non-hydrogen) atoms. The molecular weight excluding hydrogens is 366 g/mol. The van der Waals surface area contributed by atoms with E-state index in [0.29, 0.717) is 5.69 Å². The average Bonchev–Trinajstić information content (AvgIpc) is 2.73. The van der Waals surface area contributed by atoms with Crippen LogP contribution in [-0.2, 0) is 9.59 Å². The molecule has 2 N–H and O–H groups in total. The van der Waals surface area contributed by atoms with Crippen LogP contribution >= 0.6 is 0 Å². The molecule has 7 nitrogen and oxygen atoms in total. The largest absolute Gasteiger partial charge is 0.354 e. The van der Waals surface area contributed by atoms with Gasteiger partial charge < -0.3 is 20.4 Å². The van der Waals surface area contributed by atoms with Gasteiger partial charge in [0.15, 0.2) is 0 Å². The zero-order chi connectivity index (χ0) is 20.8. The molecule has 2 heterocycles. The molecule has 1 saturated carbocycles. The Morgan fingerprint density at radius 3 is 2.34 bits per heavy atom. The second kappa shape index (κ2) is 10.1. The number of hydrogen-bond acceptors (Lipinski definition) is 5. The second-order valence-corrected chi connectivity index (χ2v) is 8.75. The number of carbonyl (C=O) groups is 2. The molecule has 2 aliphatic rings. The number of rotatable bonds is 6. The molecule has 1 aromatic rings. The monoisotopic (exact) mass is 401 g/mol. The van der Waals surface area contributed by atoms with Gasteiger partial charge in [-0.2, -0.15) is 0 Å². The number of carbonyl (C=O) groups excluding carboxylic acids is 2. The highest BCUT2D eigenvalue weighted by Gasteiger charge is 2.28. The molecular formula is C22H35N5O2. The fraction of sp³-hybridized carbons (Fsp3) is 0.682. The van der Waals surface area contributed by atoms with Gasteiger partial charge in [-0.15, -0.1) is 0 Å². The maximum absolute atomic E-state index is 12.8. The molecule has 7 heteroatoms. The van der Waals surface area contributed by atoms with Crippen molar-refractivity contribution in [3.8, 4) is 0 Å². The van der Waals surface area contributed by atoms with E-state index in [1.54, 1.807) is 6.20 Å². The Hall–Kier alpha value is -2.15. The molecule has 0 spiro atoms. The van der Waals surface area contributed by atoms with Crippen LogP contribution in [0.25, 0.3) is 0 Å². The van der Waals surface area contributed by atoms with E-state index in [4.69, 9.17) is 0 Å². The molecule has 1 atom stereocenters. The van der Waals surface area contributed by atoms with Crippen molar-refractivity contribution in [1.82, 2.24) is 15.2 Å². The Balaban J connectivity index is 1.57. The fourth-order valence-corrected chi connectivity index (χ4v) is 4.07. The highest BCUT2D eigenvalue weighted by atomic mass is 16.2. The lowest BCUT2D eigenvalue weighted by atomic mass is 9.88. The first kappa shape index (κ1) is 21.6. The second-order valence-electron chi connectivity index (χ2n) is 8.75. The van der Waals surface area contributed by atoms with Crippen molar-refractivity contribution < 1.29 is 9.59 Å². The summed E-state index contributed by atoms with van der Waals surface area (Å²) < 4.78 is 0. The number of hydrogen-bond donors (Lipinski definition) is 2. The van der Waals surface area contributed by atoms with E-state index in [-0.39, 0.29) is 23.7 Å². The van der Waals surface area contributed by atoms with Crippen LogP contribution in [0.5, 0.6) is 0 Å². The summed E-state index contributed by atoms with van der Waals surface area (Å²) in [4.78, 5) is 34.5. The van der Waals surface area contributed by atoms with E-state index in [9.17, 15) is 9.59 Å². The minimum atomic E-state index is -0.540. The molecule has 2 amide bonds. The van der Waals surface area contributed by atoms with Gasteiger partial charge in [0.2, 0.25) is 11.8 Å². The summed E-state index contributed by atoms with van der Waals surface area (Å²) in [6.07, 6.45) is 6.96. The smallest absolute Gasteiger partial charge is 0.247 e. The lowest BCUT2D eigenvalue weighted by Crippen LogP contribution is -2.49. The first-order chi connectivity index (χ1) is 13.9. The number of likely N-dealkylation sites (N-methyl/N-ethyl adjacent to an activating group) is 1. The summed E-state index contributed by atoms with van der Waals surface area (Å²) in [7, 11) is 2.13. The highest BCUT2D eigenvalue weighted by molar-refractivity contribution is 5.97. The Morgan fingerprint density at radius 2 is 1.76 bits per heavy atom. The Kier molecular flexibility index (Phi) is 7.47. The summed E-state index contributed by atoms with van der Waals surface area (Å²) in [6, 6.07) is 3.30. The van der Waals surface area contributed by atoms with Gasteiger partial charge in [0.1, 0.15) is 11.9 Å². The van der Waals surface area contributed by atoms with E-state index < -0.39 is 6.04 Å². The van der Waals surface area contributed by atoms with Gasteiger partial charge in [-0.05, 0) is 37.9 Å². The molecule has 1 aliphatic heterocycles. The van der Waals surface area contributed by atoms with Gasteiger partial charge in [0.25, 0.3) is 0 Å². The van der Waals surface area contributed by atoms with Gasteiger partial charge in [0, 0.05) is 32.1 Å². The van der Waals surface area contributed by atoms with Crippen molar-refractivity contribution in [2.24, 2.45) is 11.8 Å².